The molecule has 1 fully saturated rings. The number of hydrazine groups is 1. The van der Waals surface area contributed by atoms with Gasteiger partial charge in [0.1, 0.15) is 17.5 Å². The van der Waals surface area contributed by atoms with Gasteiger partial charge in [0.2, 0.25) is 0 Å². The fourth-order valence-electron chi connectivity index (χ4n) is 2.62. The Morgan fingerprint density at radius 3 is 2.29 bits per heavy atom. The first kappa shape index (κ1) is 16.0. The Kier molecular flexibility index (Phi) is 4.39. The lowest BCUT2D eigenvalue weighted by molar-refractivity contribution is 0.0614. The van der Waals surface area contributed by atoms with Crippen LogP contribution in [0.2, 0.25) is 0 Å². The van der Waals surface area contributed by atoms with Gasteiger partial charge >= 0.3 is 0 Å². The summed E-state index contributed by atoms with van der Waals surface area (Å²) in [5.41, 5.74) is 2.72. The van der Waals surface area contributed by atoms with Crippen LogP contribution in [0.25, 0.3) is 0 Å². The summed E-state index contributed by atoms with van der Waals surface area (Å²) in [6.07, 6.45) is 3.87. The van der Waals surface area contributed by atoms with Crippen molar-refractivity contribution in [3.8, 4) is 0 Å². The second kappa shape index (κ2) is 5.77. The van der Waals surface area contributed by atoms with Gasteiger partial charge in [-0.25, -0.2) is 15.8 Å². The highest BCUT2D eigenvalue weighted by Crippen LogP contribution is 2.31. The predicted octanol–water partition coefficient (Wildman–Crippen LogP) is 2.09. The number of anilines is 2. The van der Waals surface area contributed by atoms with E-state index in [1.54, 1.807) is 0 Å². The van der Waals surface area contributed by atoms with E-state index in [2.05, 4.69) is 41.5 Å². The average Bonchev–Trinajstić information content (AvgIpc) is 2.83. The average molecular weight is 293 g/mol. The Balaban J connectivity index is 2.25. The van der Waals surface area contributed by atoms with Crippen molar-refractivity contribution in [3.05, 3.63) is 11.4 Å². The van der Waals surface area contributed by atoms with Gasteiger partial charge in [0.25, 0.3) is 0 Å². The third-order valence-corrected chi connectivity index (χ3v) is 4.07. The van der Waals surface area contributed by atoms with Crippen molar-refractivity contribution in [2.45, 2.75) is 64.4 Å². The van der Waals surface area contributed by atoms with Crippen LogP contribution in [0.15, 0.2) is 0 Å². The molecule has 0 atom stereocenters. The zero-order valence-electron chi connectivity index (χ0n) is 13.5. The van der Waals surface area contributed by atoms with E-state index in [9.17, 15) is 5.11 Å². The fourth-order valence-corrected chi connectivity index (χ4v) is 2.62. The van der Waals surface area contributed by atoms with Crippen LogP contribution in [-0.2, 0) is 5.41 Å². The number of aliphatic hydroxyl groups is 1. The molecule has 0 saturated heterocycles. The molecule has 6 heteroatoms. The lowest BCUT2D eigenvalue weighted by Crippen LogP contribution is -2.34. The zero-order valence-corrected chi connectivity index (χ0v) is 13.5. The van der Waals surface area contributed by atoms with Crippen molar-refractivity contribution in [2.24, 2.45) is 5.84 Å². The third kappa shape index (κ3) is 3.63. The maximum absolute atomic E-state index is 10.5. The summed E-state index contributed by atoms with van der Waals surface area (Å²) >= 11 is 0. The monoisotopic (exact) mass is 293 g/mol. The summed E-state index contributed by atoms with van der Waals surface area (Å²) in [7, 11) is 0. The van der Waals surface area contributed by atoms with Crippen molar-refractivity contribution in [2.75, 3.05) is 17.3 Å². The van der Waals surface area contributed by atoms with Gasteiger partial charge in [0.05, 0.1) is 5.60 Å². The molecule has 1 heterocycles. The van der Waals surface area contributed by atoms with E-state index < -0.39 is 5.60 Å². The molecular formula is C15H27N5O. The lowest BCUT2D eigenvalue weighted by atomic mass is 9.95. The van der Waals surface area contributed by atoms with Crippen molar-refractivity contribution in [1.82, 2.24) is 9.97 Å². The number of nitrogens with one attached hydrogen (secondary N) is 2. The normalized spacial score (nSPS) is 17.8. The Morgan fingerprint density at radius 1 is 1.19 bits per heavy atom. The van der Waals surface area contributed by atoms with Gasteiger partial charge < -0.3 is 15.8 Å². The van der Waals surface area contributed by atoms with Crippen LogP contribution in [0.5, 0.6) is 0 Å². The van der Waals surface area contributed by atoms with Crippen LogP contribution in [0.4, 0.5) is 11.6 Å². The van der Waals surface area contributed by atoms with Crippen molar-refractivity contribution in [3.63, 3.8) is 0 Å². The molecule has 1 aromatic rings. The van der Waals surface area contributed by atoms with Gasteiger partial charge in [-0.05, 0) is 19.8 Å². The first-order valence-electron chi connectivity index (χ1n) is 7.57. The van der Waals surface area contributed by atoms with Crippen molar-refractivity contribution < 1.29 is 5.11 Å². The minimum atomic E-state index is -0.615. The van der Waals surface area contributed by atoms with Crippen LogP contribution < -0.4 is 16.6 Å². The van der Waals surface area contributed by atoms with Crippen molar-refractivity contribution in [1.29, 1.82) is 0 Å². The van der Waals surface area contributed by atoms with Crippen molar-refractivity contribution >= 4 is 11.6 Å². The molecule has 1 aliphatic carbocycles. The Morgan fingerprint density at radius 2 is 1.76 bits per heavy atom. The zero-order chi connectivity index (χ0) is 15.7. The number of rotatable bonds is 4. The molecule has 5 N–H and O–H groups in total. The maximum atomic E-state index is 10.5. The largest absolute Gasteiger partial charge is 0.388 e. The molecular weight excluding hydrogens is 266 g/mol. The minimum Gasteiger partial charge on any atom is -0.388 e. The third-order valence-electron chi connectivity index (χ3n) is 4.07. The SMILES string of the molecule is Cc1c(NN)nc(C(C)(C)C)nc1NCC1(O)CCCC1. The molecule has 21 heavy (non-hydrogen) atoms. The lowest BCUT2D eigenvalue weighted by Gasteiger charge is -2.25. The number of hydrogen-bond donors (Lipinski definition) is 4. The van der Waals surface area contributed by atoms with Gasteiger partial charge in [-0.1, -0.05) is 33.6 Å². The molecule has 0 spiro atoms. The summed E-state index contributed by atoms with van der Waals surface area (Å²) in [4.78, 5) is 9.09. The van der Waals surface area contributed by atoms with Crippen LogP contribution in [0.1, 0.15) is 57.8 Å². The smallest absolute Gasteiger partial charge is 0.148 e. The molecule has 2 rings (SSSR count). The Bertz CT molecular complexity index is 504. The highest BCUT2D eigenvalue weighted by Gasteiger charge is 2.31. The van der Waals surface area contributed by atoms with E-state index in [-0.39, 0.29) is 5.41 Å². The van der Waals surface area contributed by atoms with E-state index in [1.807, 2.05) is 6.92 Å². The summed E-state index contributed by atoms with van der Waals surface area (Å²) in [6.45, 7) is 8.62. The molecule has 6 nitrogen and oxygen atoms in total. The predicted molar refractivity (Wildman–Crippen MR) is 85.2 cm³/mol. The first-order chi connectivity index (χ1) is 9.75. The maximum Gasteiger partial charge on any atom is 0.148 e. The first-order valence-corrected chi connectivity index (χ1v) is 7.57. The minimum absolute atomic E-state index is 0.167. The molecule has 1 saturated carbocycles. The van der Waals surface area contributed by atoms with Crippen LogP contribution in [-0.4, -0.2) is 27.2 Å². The van der Waals surface area contributed by atoms with E-state index in [4.69, 9.17) is 5.84 Å². The summed E-state index contributed by atoms with van der Waals surface area (Å²) in [5, 5.41) is 13.7. The molecule has 0 radical (unpaired) electrons. The summed E-state index contributed by atoms with van der Waals surface area (Å²) in [5.74, 6) is 7.64. The fraction of sp³-hybridized carbons (Fsp3) is 0.733. The second-order valence-electron chi connectivity index (χ2n) is 7.05. The van der Waals surface area contributed by atoms with Crippen LogP contribution in [0, 0.1) is 6.92 Å². The molecule has 1 aromatic heterocycles. The van der Waals surface area contributed by atoms with Crippen LogP contribution in [0.3, 0.4) is 0 Å². The molecule has 0 bridgehead atoms. The molecule has 0 aromatic carbocycles. The van der Waals surface area contributed by atoms with Gasteiger partial charge in [-0.2, -0.15) is 0 Å². The molecule has 0 aliphatic heterocycles. The number of nitrogen functional groups attached to an aromatic ring is 1. The van der Waals surface area contributed by atoms with E-state index in [1.165, 1.54) is 0 Å². The van der Waals surface area contributed by atoms with E-state index >= 15 is 0 Å². The number of hydrogen-bond acceptors (Lipinski definition) is 6. The molecule has 118 valence electrons. The number of nitrogens with zero attached hydrogens (tertiary/aromatic N) is 2. The Hall–Kier alpha value is -1.40. The van der Waals surface area contributed by atoms with Gasteiger partial charge in [-0.3, -0.25) is 0 Å². The molecule has 0 amide bonds. The highest BCUT2D eigenvalue weighted by molar-refractivity contribution is 5.57. The number of nitrogens with two attached hydrogens (primary N) is 1. The quantitative estimate of drug-likeness (QED) is 0.501. The number of aromatic nitrogens is 2. The summed E-state index contributed by atoms with van der Waals surface area (Å²) in [6, 6.07) is 0. The van der Waals surface area contributed by atoms with Gasteiger partial charge in [-0.15, -0.1) is 0 Å². The second-order valence-corrected chi connectivity index (χ2v) is 7.05. The van der Waals surface area contributed by atoms with E-state index in [0.29, 0.717) is 12.4 Å². The highest BCUT2D eigenvalue weighted by atomic mass is 16.3. The van der Waals surface area contributed by atoms with Gasteiger partial charge in [0.15, 0.2) is 0 Å². The Labute approximate surface area is 126 Å². The topological polar surface area (TPSA) is 96.1 Å². The van der Waals surface area contributed by atoms with Gasteiger partial charge in [0, 0.05) is 17.5 Å². The van der Waals surface area contributed by atoms with E-state index in [0.717, 1.165) is 42.9 Å². The summed E-state index contributed by atoms with van der Waals surface area (Å²) < 4.78 is 0. The standard InChI is InChI=1S/C15H27N5O/c1-10-11(17-9-15(21)7-5-6-8-15)18-13(14(2,3)4)19-12(10)20-16/h21H,5-9,16H2,1-4H3,(H2,17,18,19,20). The molecule has 1 aliphatic rings. The van der Waals surface area contributed by atoms with Crippen LogP contribution >= 0.6 is 0 Å². The molecule has 0 unspecified atom stereocenters.